The summed E-state index contributed by atoms with van der Waals surface area (Å²) in [4.78, 5) is 12.3. The quantitative estimate of drug-likeness (QED) is 0.832. The minimum absolute atomic E-state index is 0.205. The highest BCUT2D eigenvalue weighted by Crippen LogP contribution is 2.20. The van der Waals surface area contributed by atoms with E-state index in [0.29, 0.717) is 22.8 Å². The number of benzene rings is 1. The number of amides is 1. The van der Waals surface area contributed by atoms with Crippen molar-refractivity contribution >= 4 is 11.6 Å². The van der Waals surface area contributed by atoms with E-state index >= 15 is 0 Å². The van der Waals surface area contributed by atoms with E-state index in [4.69, 9.17) is 10.2 Å². The molecule has 21 heavy (non-hydrogen) atoms. The maximum atomic E-state index is 12.3. The molecule has 3 N–H and O–H groups in total. The minimum Gasteiger partial charge on any atom is -0.466 e. The Labute approximate surface area is 124 Å². The van der Waals surface area contributed by atoms with E-state index in [1.807, 2.05) is 32.0 Å². The molecule has 0 bridgehead atoms. The Morgan fingerprint density at radius 3 is 2.67 bits per heavy atom. The minimum atomic E-state index is -0.205. The molecule has 0 aliphatic heterocycles. The third-order valence-corrected chi connectivity index (χ3v) is 3.03. The van der Waals surface area contributed by atoms with Gasteiger partial charge in [-0.2, -0.15) is 0 Å². The first-order chi connectivity index (χ1) is 10.0. The Morgan fingerprint density at radius 2 is 2.05 bits per heavy atom. The lowest BCUT2D eigenvalue weighted by molar-refractivity contribution is 0.102. The van der Waals surface area contributed by atoms with Crippen LogP contribution >= 0.6 is 0 Å². The van der Waals surface area contributed by atoms with Gasteiger partial charge in [0.1, 0.15) is 11.5 Å². The second-order valence-corrected chi connectivity index (χ2v) is 4.84. The summed E-state index contributed by atoms with van der Waals surface area (Å²) >= 11 is 0. The highest BCUT2D eigenvalue weighted by molar-refractivity contribution is 6.05. The van der Waals surface area contributed by atoms with E-state index in [1.165, 1.54) is 0 Å². The van der Waals surface area contributed by atoms with Crippen molar-refractivity contribution in [1.82, 2.24) is 0 Å². The number of furan rings is 1. The molecule has 0 saturated heterocycles. The molecule has 2 rings (SSSR count). The van der Waals surface area contributed by atoms with Crippen LogP contribution in [0.15, 0.2) is 28.7 Å². The molecule has 1 heterocycles. The SMILES string of the molecule is Cc1ccc(NC(=O)c2cc(C)oc2C)c(C#CCN)c1. The van der Waals surface area contributed by atoms with Crippen molar-refractivity contribution in [3.63, 3.8) is 0 Å². The number of hydrogen-bond donors (Lipinski definition) is 2. The first-order valence-corrected chi connectivity index (χ1v) is 6.69. The van der Waals surface area contributed by atoms with Crippen molar-refractivity contribution in [3.05, 3.63) is 52.5 Å². The van der Waals surface area contributed by atoms with Gasteiger partial charge in [0, 0.05) is 5.56 Å². The van der Waals surface area contributed by atoms with Gasteiger partial charge in [-0.25, -0.2) is 0 Å². The van der Waals surface area contributed by atoms with E-state index in [0.717, 1.165) is 11.1 Å². The molecule has 1 aromatic carbocycles. The largest absolute Gasteiger partial charge is 0.466 e. The van der Waals surface area contributed by atoms with Crippen LogP contribution in [0.25, 0.3) is 0 Å². The Morgan fingerprint density at radius 1 is 1.29 bits per heavy atom. The van der Waals surface area contributed by atoms with Gasteiger partial charge >= 0.3 is 0 Å². The van der Waals surface area contributed by atoms with Crippen LogP contribution in [0.2, 0.25) is 0 Å². The lowest BCUT2D eigenvalue weighted by Gasteiger charge is -2.08. The molecule has 0 spiro atoms. The van der Waals surface area contributed by atoms with E-state index in [9.17, 15) is 4.79 Å². The second-order valence-electron chi connectivity index (χ2n) is 4.84. The topological polar surface area (TPSA) is 68.3 Å². The number of carbonyl (C=O) groups excluding carboxylic acids is 1. The summed E-state index contributed by atoms with van der Waals surface area (Å²) in [6.45, 7) is 5.84. The third-order valence-electron chi connectivity index (χ3n) is 3.03. The monoisotopic (exact) mass is 282 g/mol. The fourth-order valence-corrected chi connectivity index (χ4v) is 2.06. The van der Waals surface area contributed by atoms with Crippen molar-refractivity contribution in [2.24, 2.45) is 5.73 Å². The van der Waals surface area contributed by atoms with Crippen LogP contribution in [-0.2, 0) is 0 Å². The van der Waals surface area contributed by atoms with Gasteiger partial charge in [-0.05, 0) is 44.5 Å². The molecule has 0 radical (unpaired) electrons. The number of carbonyl (C=O) groups is 1. The zero-order valence-electron chi connectivity index (χ0n) is 12.4. The van der Waals surface area contributed by atoms with E-state index in [-0.39, 0.29) is 12.5 Å². The van der Waals surface area contributed by atoms with Gasteiger partial charge in [-0.1, -0.05) is 17.9 Å². The zero-order valence-corrected chi connectivity index (χ0v) is 12.4. The lowest BCUT2D eigenvalue weighted by atomic mass is 10.1. The molecule has 0 saturated carbocycles. The first-order valence-electron chi connectivity index (χ1n) is 6.69. The lowest BCUT2D eigenvalue weighted by Crippen LogP contribution is -2.13. The Balaban J connectivity index is 2.31. The van der Waals surface area contributed by atoms with Crippen molar-refractivity contribution in [2.45, 2.75) is 20.8 Å². The Bertz CT molecular complexity index is 733. The second kappa shape index (κ2) is 6.29. The Kier molecular flexibility index (Phi) is 4.46. The number of nitrogens with two attached hydrogens (primary N) is 1. The molecule has 2 aromatic rings. The number of rotatable bonds is 2. The van der Waals surface area contributed by atoms with Crippen molar-refractivity contribution in [3.8, 4) is 11.8 Å². The number of aryl methyl sites for hydroxylation is 3. The highest BCUT2D eigenvalue weighted by Gasteiger charge is 2.14. The van der Waals surface area contributed by atoms with Crippen LogP contribution in [0.4, 0.5) is 5.69 Å². The summed E-state index contributed by atoms with van der Waals surface area (Å²) in [7, 11) is 0. The molecular formula is C17H18N2O2. The van der Waals surface area contributed by atoms with Crippen molar-refractivity contribution in [2.75, 3.05) is 11.9 Å². The highest BCUT2D eigenvalue weighted by atomic mass is 16.3. The molecule has 0 aliphatic rings. The summed E-state index contributed by atoms with van der Waals surface area (Å²) in [5, 5.41) is 2.87. The normalized spacial score (nSPS) is 9.90. The average Bonchev–Trinajstić information content (AvgIpc) is 2.78. The standard InChI is InChI=1S/C17H18N2O2/c1-11-6-7-16(14(9-11)5-4-8-18)19-17(20)15-10-12(2)21-13(15)3/h6-7,9-10H,8,18H2,1-3H3,(H,19,20). The van der Waals surface area contributed by atoms with Gasteiger partial charge in [0.2, 0.25) is 0 Å². The van der Waals surface area contributed by atoms with Crippen LogP contribution in [0.5, 0.6) is 0 Å². The Hall–Kier alpha value is -2.51. The predicted octanol–water partition coefficient (Wildman–Crippen LogP) is 2.77. The molecule has 0 aliphatic carbocycles. The predicted molar refractivity (Wildman–Crippen MR) is 83.2 cm³/mol. The maximum absolute atomic E-state index is 12.3. The smallest absolute Gasteiger partial charge is 0.259 e. The van der Waals surface area contributed by atoms with Crippen molar-refractivity contribution < 1.29 is 9.21 Å². The van der Waals surface area contributed by atoms with Gasteiger partial charge in [0.25, 0.3) is 5.91 Å². The fraction of sp³-hybridized carbons (Fsp3) is 0.235. The number of anilines is 1. The molecule has 4 nitrogen and oxygen atoms in total. The van der Waals surface area contributed by atoms with Gasteiger partial charge in [0.15, 0.2) is 0 Å². The maximum Gasteiger partial charge on any atom is 0.259 e. The van der Waals surface area contributed by atoms with Gasteiger partial charge in [-0.15, -0.1) is 0 Å². The average molecular weight is 282 g/mol. The molecule has 0 unspecified atom stereocenters. The van der Waals surface area contributed by atoms with Gasteiger partial charge < -0.3 is 15.5 Å². The summed E-state index contributed by atoms with van der Waals surface area (Å²) in [5.41, 5.74) is 8.44. The van der Waals surface area contributed by atoms with Crippen LogP contribution < -0.4 is 11.1 Å². The van der Waals surface area contributed by atoms with Crippen molar-refractivity contribution in [1.29, 1.82) is 0 Å². The first kappa shape index (κ1) is 14.9. The van der Waals surface area contributed by atoms with Gasteiger partial charge in [0.05, 0.1) is 17.8 Å². The summed E-state index contributed by atoms with van der Waals surface area (Å²) < 4.78 is 5.38. The molecule has 108 valence electrons. The summed E-state index contributed by atoms with van der Waals surface area (Å²) in [5.74, 6) is 6.90. The van der Waals surface area contributed by atoms with E-state index < -0.39 is 0 Å². The number of hydrogen-bond acceptors (Lipinski definition) is 3. The van der Waals surface area contributed by atoms with Gasteiger partial charge in [-0.3, -0.25) is 4.79 Å². The molecule has 0 fully saturated rings. The summed E-state index contributed by atoms with van der Waals surface area (Å²) in [6.07, 6.45) is 0. The molecule has 0 atom stereocenters. The molecule has 1 amide bonds. The van der Waals surface area contributed by atoms with Crippen LogP contribution in [0, 0.1) is 32.6 Å². The zero-order chi connectivity index (χ0) is 15.4. The van der Waals surface area contributed by atoms with Crippen LogP contribution in [-0.4, -0.2) is 12.5 Å². The third kappa shape index (κ3) is 3.53. The van der Waals surface area contributed by atoms with E-state index in [2.05, 4.69) is 17.2 Å². The van der Waals surface area contributed by atoms with Crippen LogP contribution in [0.1, 0.15) is 33.0 Å². The number of nitrogens with one attached hydrogen (secondary N) is 1. The van der Waals surface area contributed by atoms with E-state index in [1.54, 1.807) is 13.0 Å². The molecular weight excluding hydrogens is 264 g/mol. The summed E-state index contributed by atoms with van der Waals surface area (Å²) in [6, 6.07) is 7.42. The molecule has 1 aromatic heterocycles. The fourth-order valence-electron chi connectivity index (χ4n) is 2.06. The van der Waals surface area contributed by atoms with Crippen LogP contribution in [0.3, 0.4) is 0 Å². The molecule has 4 heteroatoms.